The van der Waals surface area contributed by atoms with Crippen molar-refractivity contribution in [3.63, 3.8) is 0 Å². The molecule has 1 atom stereocenters. The first-order valence-electron chi connectivity index (χ1n) is 5.71. The molecule has 5 heteroatoms. The van der Waals surface area contributed by atoms with E-state index in [2.05, 4.69) is 5.32 Å². The van der Waals surface area contributed by atoms with Crippen LogP contribution in [0.4, 0.5) is 5.69 Å². The van der Waals surface area contributed by atoms with Crippen LogP contribution in [0.25, 0.3) is 0 Å². The fraction of sp³-hybridized carbons (Fsp3) is 0.462. The van der Waals surface area contributed by atoms with Crippen LogP contribution in [0, 0.1) is 0 Å². The second-order valence-electron chi connectivity index (χ2n) is 4.10. The maximum Gasteiger partial charge on any atom is 0.333 e. The molecule has 0 amide bonds. The largest absolute Gasteiger partial charge is 0.467 e. The van der Waals surface area contributed by atoms with Gasteiger partial charge in [-0.1, -0.05) is 17.7 Å². The van der Waals surface area contributed by atoms with E-state index in [4.69, 9.17) is 21.1 Å². The van der Waals surface area contributed by atoms with Crippen molar-refractivity contribution >= 4 is 23.3 Å². The lowest BCUT2D eigenvalue weighted by atomic mass is 10.0. The molecular weight excluding hydrogens is 254 g/mol. The first-order chi connectivity index (χ1) is 8.51. The first kappa shape index (κ1) is 14.8. The minimum Gasteiger partial charge on any atom is -0.467 e. The monoisotopic (exact) mass is 271 g/mol. The van der Waals surface area contributed by atoms with Gasteiger partial charge in [-0.25, -0.2) is 4.79 Å². The van der Waals surface area contributed by atoms with Crippen LogP contribution in [0.15, 0.2) is 24.3 Å². The molecule has 0 saturated carbocycles. The van der Waals surface area contributed by atoms with Crippen molar-refractivity contribution in [3.8, 4) is 0 Å². The Bertz CT molecular complexity index is 411. The molecule has 100 valence electrons. The summed E-state index contributed by atoms with van der Waals surface area (Å²) in [4.78, 5) is 11.8. The molecule has 0 aromatic heterocycles. The Balaban J connectivity index is 2.87. The van der Waals surface area contributed by atoms with Gasteiger partial charge in [0.1, 0.15) is 0 Å². The van der Waals surface area contributed by atoms with E-state index in [0.717, 1.165) is 5.69 Å². The van der Waals surface area contributed by atoms with E-state index < -0.39 is 5.54 Å². The lowest BCUT2D eigenvalue weighted by molar-refractivity contribution is -0.147. The highest BCUT2D eigenvalue weighted by atomic mass is 35.5. The number of rotatable bonds is 6. The first-order valence-corrected chi connectivity index (χ1v) is 6.09. The van der Waals surface area contributed by atoms with Gasteiger partial charge in [0.25, 0.3) is 0 Å². The number of carbonyl (C=O) groups is 1. The quantitative estimate of drug-likeness (QED) is 0.808. The van der Waals surface area contributed by atoms with Gasteiger partial charge < -0.3 is 14.8 Å². The summed E-state index contributed by atoms with van der Waals surface area (Å²) in [5.41, 5.74) is -0.190. The number of carbonyl (C=O) groups excluding carboxylic acids is 1. The molecule has 0 saturated heterocycles. The Morgan fingerprint density at radius 3 is 2.78 bits per heavy atom. The lowest BCUT2D eigenvalue weighted by Crippen LogP contribution is -2.48. The van der Waals surface area contributed by atoms with Crippen molar-refractivity contribution < 1.29 is 14.3 Å². The summed E-state index contributed by atoms with van der Waals surface area (Å²) >= 11 is 5.90. The molecule has 1 aromatic carbocycles. The van der Waals surface area contributed by atoms with Crippen molar-refractivity contribution in [2.45, 2.75) is 19.4 Å². The average Bonchev–Trinajstić information content (AvgIpc) is 2.35. The Labute approximate surface area is 112 Å². The Hall–Kier alpha value is -1.26. The number of halogens is 1. The van der Waals surface area contributed by atoms with Gasteiger partial charge in [-0.2, -0.15) is 0 Å². The van der Waals surface area contributed by atoms with Gasteiger partial charge in [0, 0.05) is 17.3 Å². The standard InChI is InChI=1S/C13H18ClNO3/c1-4-18-9-13(2,12(16)17-3)15-11-7-5-6-10(14)8-11/h5-8,15H,4,9H2,1-3H3. The molecule has 1 rings (SSSR count). The van der Waals surface area contributed by atoms with Gasteiger partial charge >= 0.3 is 5.97 Å². The average molecular weight is 272 g/mol. The van der Waals surface area contributed by atoms with Crippen molar-refractivity contribution in [2.24, 2.45) is 0 Å². The second-order valence-corrected chi connectivity index (χ2v) is 4.53. The Kier molecular flexibility index (Phi) is 5.44. The fourth-order valence-electron chi connectivity index (χ4n) is 1.56. The highest BCUT2D eigenvalue weighted by Crippen LogP contribution is 2.20. The van der Waals surface area contributed by atoms with E-state index in [-0.39, 0.29) is 12.6 Å². The van der Waals surface area contributed by atoms with Crippen LogP contribution in [0.2, 0.25) is 5.02 Å². The van der Waals surface area contributed by atoms with Gasteiger partial charge in [0.2, 0.25) is 0 Å². The Morgan fingerprint density at radius 2 is 2.22 bits per heavy atom. The maximum absolute atomic E-state index is 11.8. The van der Waals surface area contributed by atoms with E-state index in [1.54, 1.807) is 19.1 Å². The van der Waals surface area contributed by atoms with E-state index in [9.17, 15) is 4.79 Å². The molecule has 0 spiro atoms. The number of anilines is 1. The summed E-state index contributed by atoms with van der Waals surface area (Å²) in [7, 11) is 1.35. The minimum absolute atomic E-state index is 0.225. The highest BCUT2D eigenvalue weighted by molar-refractivity contribution is 6.30. The molecular formula is C13H18ClNO3. The summed E-state index contributed by atoms with van der Waals surface area (Å²) in [6, 6.07) is 7.15. The van der Waals surface area contributed by atoms with Crippen LogP contribution in [0.5, 0.6) is 0 Å². The predicted molar refractivity (Wildman–Crippen MR) is 72.0 cm³/mol. The highest BCUT2D eigenvalue weighted by Gasteiger charge is 2.34. The van der Waals surface area contributed by atoms with Gasteiger partial charge in [-0.05, 0) is 32.0 Å². The normalized spacial score (nSPS) is 13.8. The third kappa shape index (κ3) is 3.89. The molecule has 0 aliphatic carbocycles. The predicted octanol–water partition coefficient (Wildman–Crippen LogP) is 2.72. The minimum atomic E-state index is -0.935. The molecule has 4 nitrogen and oxygen atoms in total. The molecule has 1 aromatic rings. The SMILES string of the molecule is CCOCC(C)(Nc1cccc(Cl)c1)C(=O)OC. The number of benzene rings is 1. The number of methoxy groups -OCH3 is 1. The zero-order valence-corrected chi connectivity index (χ0v) is 11.6. The zero-order chi connectivity index (χ0) is 13.6. The number of hydrogen-bond acceptors (Lipinski definition) is 4. The van der Waals surface area contributed by atoms with Gasteiger partial charge in [0.15, 0.2) is 5.54 Å². The maximum atomic E-state index is 11.8. The lowest BCUT2D eigenvalue weighted by Gasteiger charge is -2.28. The summed E-state index contributed by atoms with van der Waals surface area (Å²) in [5, 5.41) is 3.70. The van der Waals surface area contributed by atoms with Crippen molar-refractivity contribution in [1.29, 1.82) is 0 Å². The number of hydrogen-bond donors (Lipinski definition) is 1. The summed E-state index contributed by atoms with van der Waals surface area (Å²) in [5.74, 6) is -0.379. The van der Waals surface area contributed by atoms with E-state index >= 15 is 0 Å². The molecule has 1 unspecified atom stereocenters. The molecule has 0 heterocycles. The van der Waals surface area contributed by atoms with Crippen LogP contribution < -0.4 is 5.32 Å². The molecule has 0 radical (unpaired) electrons. The van der Waals surface area contributed by atoms with Gasteiger partial charge in [-0.3, -0.25) is 0 Å². The molecule has 0 fully saturated rings. The molecule has 0 aliphatic rings. The fourth-order valence-corrected chi connectivity index (χ4v) is 1.75. The molecule has 0 aliphatic heterocycles. The van der Waals surface area contributed by atoms with Crippen molar-refractivity contribution in [3.05, 3.63) is 29.3 Å². The van der Waals surface area contributed by atoms with Crippen LogP contribution in [0.1, 0.15) is 13.8 Å². The smallest absolute Gasteiger partial charge is 0.333 e. The van der Waals surface area contributed by atoms with E-state index in [1.807, 2.05) is 19.1 Å². The number of esters is 1. The van der Waals surface area contributed by atoms with Crippen molar-refractivity contribution in [2.75, 3.05) is 25.6 Å². The summed E-state index contributed by atoms with van der Waals surface area (Å²) in [6.45, 7) is 4.36. The van der Waals surface area contributed by atoms with E-state index in [1.165, 1.54) is 7.11 Å². The van der Waals surface area contributed by atoms with Crippen molar-refractivity contribution in [1.82, 2.24) is 0 Å². The zero-order valence-electron chi connectivity index (χ0n) is 10.8. The van der Waals surface area contributed by atoms with Gasteiger partial charge in [0.05, 0.1) is 13.7 Å². The van der Waals surface area contributed by atoms with Crippen LogP contribution in [-0.2, 0) is 14.3 Å². The third-order valence-electron chi connectivity index (χ3n) is 2.48. The van der Waals surface area contributed by atoms with Crippen LogP contribution in [-0.4, -0.2) is 31.8 Å². The number of ether oxygens (including phenoxy) is 2. The molecule has 0 bridgehead atoms. The van der Waals surface area contributed by atoms with Crippen LogP contribution >= 0.6 is 11.6 Å². The summed E-state index contributed by atoms with van der Waals surface area (Å²) < 4.78 is 10.1. The summed E-state index contributed by atoms with van der Waals surface area (Å²) in [6.07, 6.45) is 0. The van der Waals surface area contributed by atoms with E-state index in [0.29, 0.717) is 11.6 Å². The molecule has 1 N–H and O–H groups in total. The third-order valence-corrected chi connectivity index (χ3v) is 2.71. The number of nitrogens with one attached hydrogen (secondary N) is 1. The second kappa shape index (κ2) is 6.61. The van der Waals surface area contributed by atoms with Gasteiger partial charge in [-0.15, -0.1) is 0 Å². The topological polar surface area (TPSA) is 47.6 Å². The van der Waals surface area contributed by atoms with Crippen LogP contribution in [0.3, 0.4) is 0 Å². The Morgan fingerprint density at radius 1 is 1.50 bits per heavy atom. The molecule has 18 heavy (non-hydrogen) atoms.